The topological polar surface area (TPSA) is 68.0 Å². The van der Waals surface area contributed by atoms with Gasteiger partial charge in [-0.15, -0.1) is 0 Å². The van der Waals surface area contributed by atoms with Gasteiger partial charge in [-0.05, 0) is 43.3 Å². The second-order valence-corrected chi connectivity index (χ2v) is 5.99. The number of carbonyl (C=O) groups excluding carboxylic acids is 1. The molecule has 0 spiro atoms. The fourth-order valence-corrected chi connectivity index (χ4v) is 2.35. The lowest BCUT2D eigenvalue weighted by molar-refractivity contribution is 0.0949. The first-order valence-corrected chi connectivity index (χ1v) is 7.84. The highest BCUT2D eigenvalue weighted by Crippen LogP contribution is 2.18. The van der Waals surface area contributed by atoms with E-state index in [-0.39, 0.29) is 12.5 Å². The molecule has 0 aliphatic heterocycles. The molecule has 5 nitrogen and oxygen atoms in total. The number of aromatic nitrogens is 2. The molecule has 1 amide bonds. The molecule has 0 unspecified atom stereocenters. The van der Waals surface area contributed by atoms with Crippen molar-refractivity contribution in [1.29, 1.82) is 0 Å². The normalized spacial score (nSPS) is 10.5. The molecular weight excluding hydrogens is 358 g/mol. The second-order valence-electron chi connectivity index (χ2n) is 5.07. The summed E-state index contributed by atoms with van der Waals surface area (Å²) in [5.41, 5.74) is 2.56. The lowest BCUT2D eigenvalue weighted by Gasteiger charge is -2.02. The number of carbonyl (C=O) groups is 1. The molecule has 23 heavy (non-hydrogen) atoms. The number of halogens is 1. The number of aryl methyl sites for hydroxylation is 1. The van der Waals surface area contributed by atoms with Crippen molar-refractivity contribution in [3.05, 3.63) is 70.0 Å². The van der Waals surface area contributed by atoms with E-state index in [2.05, 4.69) is 31.4 Å². The maximum absolute atomic E-state index is 12.0. The Balaban J connectivity index is 1.65. The molecule has 1 N–H and O–H groups in total. The zero-order valence-corrected chi connectivity index (χ0v) is 14.0. The summed E-state index contributed by atoms with van der Waals surface area (Å²) in [6, 6.07) is 14.9. The summed E-state index contributed by atoms with van der Waals surface area (Å²) in [5, 5.41) is 6.67. The van der Waals surface area contributed by atoms with Crippen LogP contribution in [0.3, 0.4) is 0 Å². The van der Waals surface area contributed by atoms with E-state index in [1.54, 1.807) is 12.1 Å². The molecule has 1 aromatic heterocycles. The molecule has 0 saturated heterocycles. The van der Waals surface area contributed by atoms with Gasteiger partial charge in [-0.1, -0.05) is 38.8 Å². The Morgan fingerprint density at radius 1 is 1.22 bits per heavy atom. The molecule has 116 valence electrons. The SMILES string of the molecule is Cc1cccc(-c2nc(CNC(=O)c3ccc(Br)cc3)no2)c1. The predicted molar refractivity (Wildman–Crippen MR) is 89.8 cm³/mol. The van der Waals surface area contributed by atoms with Crippen molar-refractivity contribution in [2.45, 2.75) is 13.5 Å². The number of amides is 1. The van der Waals surface area contributed by atoms with Crippen LogP contribution in [0.25, 0.3) is 11.5 Å². The Labute approximate surface area is 141 Å². The van der Waals surface area contributed by atoms with Gasteiger partial charge < -0.3 is 9.84 Å². The van der Waals surface area contributed by atoms with Crippen molar-refractivity contribution in [2.24, 2.45) is 0 Å². The number of rotatable bonds is 4. The van der Waals surface area contributed by atoms with Gasteiger partial charge in [0.25, 0.3) is 11.8 Å². The number of nitrogens with zero attached hydrogens (tertiary/aromatic N) is 2. The lowest BCUT2D eigenvalue weighted by Crippen LogP contribution is -2.23. The third kappa shape index (κ3) is 3.84. The summed E-state index contributed by atoms with van der Waals surface area (Å²) in [5.74, 6) is 0.702. The third-order valence-corrected chi connectivity index (χ3v) is 3.78. The fraction of sp³-hybridized carbons (Fsp3) is 0.118. The van der Waals surface area contributed by atoms with Crippen LogP contribution in [-0.2, 0) is 6.54 Å². The summed E-state index contributed by atoms with van der Waals surface area (Å²) in [4.78, 5) is 16.3. The largest absolute Gasteiger partial charge is 0.345 e. The molecule has 0 aliphatic rings. The van der Waals surface area contributed by atoms with Crippen molar-refractivity contribution < 1.29 is 9.32 Å². The van der Waals surface area contributed by atoms with E-state index in [1.165, 1.54) is 0 Å². The second kappa shape index (κ2) is 6.75. The molecule has 2 aromatic carbocycles. The molecular formula is C17H14BrN3O2. The van der Waals surface area contributed by atoms with E-state index in [0.717, 1.165) is 15.6 Å². The van der Waals surface area contributed by atoms with Crippen LogP contribution < -0.4 is 5.32 Å². The monoisotopic (exact) mass is 371 g/mol. The van der Waals surface area contributed by atoms with E-state index >= 15 is 0 Å². The molecule has 0 atom stereocenters. The van der Waals surface area contributed by atoms with E-state index < -0.39 is 0 Å². The van der Waals surface area contributed by atoms with Crippen molar-refractivity contribution in [1.82, 2.24) is 15.5 Å². The summed E-state index contributed by atoms with van der Waals surface area (Å²) >= 11 is 3.34. The molecule has 3 rings (SSSR count). The number of benzene rings is 2. The van der Waals surface area contributed by atoms with E-state index in [0.29, 0.717) is 17.3 Å². The zero-order valence-electron chi connectivity index (χ0n) is 12.4. The maximum atomic E-state index is 12.0. The highest BCUT2D eigenvalue weighted by atomic mass is 79.9. The van der Waals surface area contributed by atoms with Gasteiger partial charge in [0.15, 0.2) is 5.82 Å². The molecule has 0 aliphatic carbocycles. The van der Waals surface area contributed by atoms with E-state index in [4.69, 9.17) is 4.52 Å². The average Bonchev–Trinajstić information content (AvgIpc) is 3.02. The lowest BCUT2D eigenvalue weighted by atomic mass is 10.1. The molecule has 3 aromatic rings. The fourth-order valence-electron chi connectivity index (χ4n) is 2.08. The molecule has 0 saturated carbocycles. The van der Waals surface area contributed by atoms with Crippen LogP contribution in [0, 0.1) is 6.92 Å². The predicted octanol–water partition coefficient (Wildman–Crippen LogP) is 3.74. The smallest absolute Gasteiger partial charge is 0.257 e. The van der Waals surface area contributed by atoms with Crippen LogP contribution in [0.1, 0.15) is 21.7 Å². The van der Waals surface area contributed by atoms with Crippen LogP contribution >= 0.6 is 15.9 Å². The first kappa shape index (κ1) is 15.4. The molecule has 1 heterocycles. The first-order valence-electron chi connectivity index (χ1n) is 7.05. The van der Waals surface area contributed by atoms with Gasteiger partial charge in [0, 0.05) is 15.6 Å². The minimum Gasteiger partial charge on any atom is -0.345 e. The quantitative estimate of drug-likeness (QED) is 0.758. The van der Waals surface area contributed by atoms with Gasteiger partial charge in [0.05, 0.1) is 6.54 Å². The van der Waals surface area contributed by atoms with Crippen LogP contribution in [0.15, 0.2) is 57.5 Å². The minimum absolute atomic E-state index is 0.181. The highest BCUT2D eigenvalue weighted by Gasteiger charge is 2.11. The van der Waals surface area contributed by atoms with Gasteiger partial charge in [0.1, 0.15) is 0 Å². The number of hydrogen-bond acceptors (Lipinski definition) is 4. The highest BCUT2D eigenvalue weighted by molar-refractivity contribution is 9.10. The van der Waals surface area contributed by atoms with E-state index in [9.17, 15) is 4.79 Å². The van der Waals surface area contributed by atoms with Gasteiger partial charge in [-0.25, -0.2) is 0 Å². The molecule has 0 bridgehead atoms. The van der Waals surface area contributed by atoms with Crippen molar-refractivity contribution in [3.8, 4) is 11.5 Å². The standard InChI is InChI=1S/C17H14BrN3O2/c1-11-3-2-4-13(9-11)17-20-15(21-23-17)10-19-16(22)12-5-7-14(18)8-6-12/h2-9H,10H2,1H3,(H,19,22). The van der Waals surface area contributed by atoms with Crippen LogP contribution in [0.2, 0.25) is 0 Å². The van der Waals surface area contributed by atoms with Gasteiger partial charge in [0.2, 0.25) is 0 Å². The van der Waals surface area contributed by atoms with Crippen LogP contribution in [0.4, 0.5) is 0 Å². The summed E-state index contributed by atoms with van der Waals surface area (Å²) < 4.78 is 6.17. The summed E-state index contributed by atoms with van der Waals surface area (Å²) in [7, 11) is 0. The Morgan fingerprint density at radius 3 is 2.74 bits per heavy atom. The van der Waals surface area contributed by atoms with Crippen molar-refractivity contribution in [3.63, 3.8) is 0 Å². The van der Waals surface area contributed by atoms with Crippen molar-refractivity contribution in [2.75, 3.05) is 0 Å². The first-order chi connectivity index (χ1) is 11.1. The van der Waals surface area contributed by atoms with E-state index in [1.807, 2.05) is 43.3 Å². The van der Waals surface area contributed by atoms with Gasteiger partial charge in [-0.2, -0.15) is 4.98 Å². The van der Waals surface area contributed by atoms with Gasteiger partial charge >= 0.3 is 0 Å². The average molecular weight is 372 g/mol. The molecule has 0 radical (unpaired) electrons. The van der Waals surface area contributed by atoms with Gasteiger partial charge in [-0.3, -0.25) is 4.79 Å². The van der Waals surface area contributed by atoms with Crippen molar-refractivity contribution >= 4 is 21.8 Å². The summed E-state index contributed by atoms with van der Waals surface area (Å²) in [6.45, 7) is 2.21. The summed E-state index contributed by atoms with van der Waals surface area (Å²) in [6.07, 6.45) is 0. The van der Waals surface area contributed by atoms with Crippen LogP contribution in [0.5, 0.6) is 0 Å². The maximum Gasteiger partial charge on any atom is 0.257 e. The Kier molecular flexibility index (Phi) is 4.52. The zero-order chi connectivity index (χ0) is 16.2. The molecule has 6 heteroatoms. The Bertz CT molecular complexity index is 828. The number of hydrogen-bond donors (Lipinski definition) is 1. The van der Waals surface area contributed by atoms with Crippen LogP contribution in [-0.4, -0.2) is 16.0 Å². The Hall–Kier alpha value is -2.47. The number of nitrogens with one attached hydrogen (secondary N) is 1. The molecule has 0 fully saturated rings. The Morgan fingerprint density at radius 2 is 2.00 bits per heavy atom. The third-order valence-electron chi connectivity index (χ3n) is 3.25. The minimum atomic E-state index is -0.181.